The molecule has 1 atom stereocenters. The Balaban J connectivity index is 2.08. The summed E-state index contributed by atoms with van der Waals surface area (Å²) in [4.78, 5) is 0. The number of nitrogens with one attached hydrogen (secondary N) is 1. The van der Waals surface area contributed by atoms with Crippen LogP contribution >= 0.6 is 0 Å². The molecular formula is C13H21NO. The van der Waals surface area contributed by atoms with E-state index in [-0.39, 0.29) is 0 Å². The van der Waals surface area contributed by atoms with Crippen molar-refractivity contribution >= 4 is 0 Å². The van der Waals surface area contributed by atoms with Crippen molar-refractivity contribution < 1.29 is 4.42 Å². The molecule has 0 saturated heterocycles. The summed E-state index contributed by atoms with van der Waals surface area (Å²) >= 11 is 0. The van der Waals surface area contributed by atoms with Gasteiger partial charge in [0.2, 0.25) is 0 Å². The molecule has 1 fully saturated rings. The first kappa shape index (κ1) is 10.7. The molecule has 1 saturated carbocycles. The van der Waals surface area contributed by atoms with Crippen LogP contribution in [0.4, 0.5) is 0 Å². The van der Waals surface area contributed by atoms with Crippen molar-refractivity contribution in [1.29, 1.82) is 0 Å². The molecule has 1 N–H and O–H groups in total. The number of hydrogen-bond donors (Lipinski definition) is 1. The lowest BCUT2D eigenvalue weighted by molar-refractivity contribution is 0.280. The van der Waals surface area contributed by atoms with Crippen LogP contribution in [0.2, 0.25) is 0 Å². The van der Waals surface area contributed by atoms with Gasteiger partial charge in [0.1, 0.15) is 5.76 Å². The fraction of sp³-hybridized carbons (Fsp3) is 0.692. The lowest BCUT2D eigenvalue weighted by Gasteiger charge is -2.29. The van der Waals surface area contributed by atoms with E-state index in [0.717, 1.165) is 11.7 Å². The Labute approximate surface area is 92.1 Å². The Hall–Kier alpha value is -0.760. The third-order valence-corrected chi connectivity index (χ3v) is 3.54. The number of rotatable bonds is 3. The lowest BCUT2D eigenvalue weighted by Crippen LogP contribution is -2.26. The predicted molar refractivity (Wildman–Crippen MR) is 61.8 cm³/mol. The molecule has 84 valence electrons. The van der Waals surface area contributed by atoms with Gasteiger partial charge in [-0.3, -0.25) is 0 Å². The second-order valence-corrected chi connectivity index (χ2v) is 4.66. The average molecular weight is 207 g/mol. The number of furan rings is 1. The predicted octanol–water partition coefficient (Wildman–Crippen LogP) is 3.43. The normalized spacial score (nSPS) is 20.4. The lowest BCUT2D eigenvalue weighted by atomic mass is 9.82. The summed E-state index contributed by atoms with van der Waals surface area (Å²) in [6, 6.07) is 2.65. The molecule has 0 radical (unpaired) electrons. The van der Waals surface area contributed by atoms with Crippen LogP contribution in [0.5, 0.6) is 0 Å². The van der Waals surface area contributed by atoms with Crippen LogP contribution in [-0.2, 0) is 0 Å². The van der Waals surface area contributed by atoms with Crippen LogP contribution in [0.25, 0.3) is 0 Å². The van der Waals surface area contributed by atoms with Gasteiger partial charge in [0.05, 0.1) is 6.26 Å². The Bertz CT molecular complexity index is 299. The van der Waals surface area contributed by atoms with Crippen molar-refractivity contribution in [2.45, 2.75) is 45.1 Å². The van der Waals surface area contributed by atoms with Crippen molar-refractivity contribution in [3.8, 4) is 0 Å². The van der Waals surface area contributed by atoms with E-state index < -0.39 is 0 Å². The maximum Gasteiger partial charge on any atom is 0.101 e. The fourth-order valence-corrected chi connectivity index (χ4v) is 2.77. The van der Waals surface area contributed by atoms with Crippen LogP contribution in [0.3, 0.4) is 0 Å². The molecule has 1 aliphatic carbocycles. The second-order valence-electron chi connectivity index (χ2n) is 4.66. The van der Waals surface area contributed by atoms with Crippen molar-refractivity contribution in [2.75, 3.05) is 7.05 Å². The molecule has 1 aromatic rings. The van der Waals surface area contributed by atoms with Gasteiger partial charge in [0.15, 0.2) is 0 Å². The summed E-state index contributed by atoms with van der Waals surface area (Å²) in [6.07, 6.45) is 8.81. The molecular weight excluding hydrogens is 186 g/mol. The van der Waals surface area contributed by atoms with E-state index in [2.05, 4.69) is 18.4 Å². The molecule has 0 aromatic carbocycles. The van der Waals surface area contributed by atoms with Crippen molar-refractivity contribution in [3.63, 3.8) is 0 Å². The Morgan fingerprint density at radius 2 is 2.07 bits per heavy atom. The summed E-state index contributed by atoms with van der Waals surface area (Å²) in [6.45, 7) is 2.01. The largest absolute Gasteiger partial charge is 0.469 e. The van der Waals surface area contributed by atoms with Crippen molar-refractivity contribution in [3.05, 3.63) is 23.7 Å². The van der Waals surface area contributed by atoms with Crippen LogP contribution in [-0.4, -0.2) is 7.05 Å². The van der Waals surface area contributed by atoms with Gasteiger partial charge in [-0.1, -0.05) is 19.3 Å². The molecule has 1 heterocycles. The van der Waals surface area contributed by atoms with E-state index in [0.29, 0.717) is 6.04 Å². The van der Waals surface area contributed by atoms with Gasteiger partial charge >= 0.3 is 0 Å². The quantitative estimate of drug-likeness (QED) is 0.821. The van der Waals surface area contributed by atoms with E-state index in [1.165, 1.54) is 37.7 Å². The molecule has 1 aromatic heterocycles. The maximum absolute atomic E-state index is 5.40. The van der Waals surface area contributed by atoms with E-state index in [4.69, 9.17) is 4.42 Å². The van der Waals surface area contributed by atoms with E-state index >= 15 is 0 Å². The number of aryl methyl sites for hydroxylation is 1. The van der Waals surface area contributed by atoms with E-state index in [1.54, 1.807) is 0 Å². The van der Waals surface area contributed by atoms with Crippen molar-refractivity contribution in [1.82, 2.24) is 5.32 Å². The molecule has 2 heteroatoms. The minimum atomic E-state index is 0.489. The zero-order valence-corrected chi connectivity index (χ0v) is 9.75. The highest BCUT2D eigenvalue weighted by Crippen LogP contribution is 2.34. The van der Waals surface area contributed by atoms with Crippen LogP contribution in [0.1, 0.15) is 49.5 Å². The Morgan fingerprint density at radius 1 is 1.33 bits per heavy atom. The maximum atomic E-state index is 5.40. The summed E-state index contributed by atoms with van der Waals surface area (Å²) in [5.74, 6) is 1.81. The smallest absolute Gasteiger partial charge is 0.101 e. The molecule has 1 aliphatic rings. The summed E-state index contributed by atoms with van der Waals surface area (Å²) in [7, 11) is 2.06. The third kappa shape index (κ3) is 2.43. The average Bonchev–Trinajstić information content (AvgIpc) is 2.68. The zero-order valence-electron chi connectivity index (χ0n) is 9.75. The summed E-state index contributed by atoms with van der Waals surface area (Å²) < 4.78 is 5.40. The standard InChI is InChI=1S/C13H21NO/c1-10-8-12(9-15-10)13(14-2)11-6-4-3-5-7-11/h8-9,11,13-14H,3-7H2,1-2H3. The SMILES string of the molecule is CNC(c1coc(C)c1)C1CCCCC1. The van der Waals surface area contributed by atoms with Crippen LogP contribution in [0.15, 0.2) is 16.7 Å². The van der Waals surface area contributed by atoms with Gasteiger partial charge in [-0.05, 0) is 38.8 Å². The van der Waals surface area contributed by atoms with Gasteiger partial charge in [0.25, 0.3) is 0 Å². The second kappa shape index (κ2) is 4.84. The topological polar surface area (TPSA) is 25.2 Å². The van der Waals surface area contributed by atoms with Crippen LogP contribution in [0, 0.1) is 12.8 Å². The van der Waals surface area contributed by atoms with Gasteiger partial charge in [-0.15, -0.1) is 0 Å². The molecule has 1 unspecified atom stereocenters. The molecule has 0 spiro atoms. The van der Waals surface area contributed by atoms with E-state index in [9.17, 15) is 0 Å². The highest BCUT2D eigenvalue weighted by Gasteiger charge is 2.24. The summed E-state index contributed by atoms with van der Waals surface area (Å²) in [5.41, 5.74) is 1.32. The molecule has 0 bridgehead atoms. The Kier molecular flexibility index (Phi) is 3.47. The van der Waals surface area contributed by atoms with Crippen molar-refractivity contribution in [2.24, 2.45) is 5.92 Å². The monoisotopic (exact) mass is 207 g/mol. The van der Waals surface area contributed by atoms with Gasteiger partial charge in [-0.25, -0.2) is 0 Å². The number of hydrogen-bond acceptors (Lipinski definition) is 2. The van der Waals surface area contributed by atoms with Gasteiger partial charge in [-0.2, -0.15) is 0 Å². The first-order chi connectivity index (χ1) is 7.31. The third-order valence-electron chi connectivity index (χ3n) is 3.54. The summed E-state index contributed by atoms with van der Waals surface area (Å²) in [5, 5.41) is 3.44. The highest BCUT2D eigenvalue weighted by atomic mass is 16.3. The molecule has 0 aliphatic heterocycles. The molecule has 0 amide bonds. The molecule has 2 nitrogen and oxygen atoms in total. The first-order valence-corrected chi connectivity index (χ1v) is 6.03. The highest BCUT2D eigenvalue weighted by molar-refractivity contribution is 5.17. The minimum Gasteiger partial charge on any atom is -0.469 e. The zero-order chi connectivity index (χ0) is 10.7. The van der Waals surface area contributed by atoms with Gasteiger partial charge < -0.3 is 9.73 Å². The van der Waals surface area contributed by atoms with E-state index in [1.807, 2.05) is 13.2 Å². The van der Waals surface area contributed by atoms with Crippen LogP contribution < -0.4 is 5.32 Å². The first-order valence-electron chi connectivity index (χ1n) is 6.03. The van der Waals surface area contributed by atoms with Gasteiger partial charge in [0, 0.05) is 11.6 Å². The fourth-order valence-electron chi connectivity index (χ4n) is 2.77. The minimum absolute atomic E-state index is 0.489. The molecule has 2 rings (SSSR count). The molecule has 15 heavy (non-hydrogen) atoms. The Morgan fingerprint density at radius 3 is 2.60 bits per heavy atom.